The SMILES string of the molecule is N/C(=N\N(N)CC1CCCCO1)c1ccc(S(N)=O)cc1. The Morgan fingerprint density at radius 2 is 2.10 bits per heavy atom. The van der Waals surface area contributed by atoms with E-state index in [1.807, 2.05) is 0 Å². The molecule has 6 N–H and O–H groups in total. The molecule has 2 unspecified atom stereocenters. The van der Waals surface area contributed by atoms with Gasteiger partial charge in [0.25, 0.3) is 0 Å². The molecular weight excluding hydrogens is 290 g/mol. The molecule has 1 saturated heterocycles. The van der Waals surface area contributed by atoms with Crippen molar-refractivity contribution in [2.75, 3.05) is 13.2 Å². The first-order chi connectivity index (χ1) is 10.1. The smallest absolute Gasteiger partial charge is 0.152 e. The van der Waals surface area contributed by atoms with Gasteiger partial charge in [-0.1, -0.05) is 0 Å². The van der Waals surface area contributed by atoms with Gasteiger partial charge in [-0.2, -0.15) is 0 Å². The van der Waals surface area contributed by atoms with Crippen LogP contribution in [0.3, 0.4) is 0 Å². The van der Waals surface area contributed by atoms with Crippen LogP contribution >= 0.6 is 0 Å². The largest absolute Gasteiger partial charge is 0.382 e. The molecule has 8 heteroatoms. The van der Waals surface area contributed by atoms with Crippen molar-refractivity contribution in [3.63, 3.8) is 0 Å². The van der Waals surface area contributed by atoms with Crippen molar-refractivity contribution in [2.24, 2.45) is 21.8 Å². The summed E-state index contributed by atoms with van der Waals surface area (Å²) >= 11 is 0. The van der Waals surface area contributed by atoms with Gasteiger partial charge in [-0.3, -0.25) is 0 Å². The van der Waals surface area contributed by atoms with Gasteiger partial charge in [0, 0.05) is 12.2 Å². The number of hydrogen-bond donors (Lipinski definition) is 3. The summed E-state index contributed by atoms with van der Waals surface area (Å²) in [6.07, 6.45) is 3.33. The van der Waals surface area contributed by atoms with E-state index in [4.69, 9.17) is 21.5 Å². The highest BCUT2D eigenvalue weighted by molar-refractivity contribution is 7.82. The predicted molar refractivity (Wildman–Crippen MR) is 82.2 cm³/mol. The molecule has 1 aromatic carbocycles. The van der Waals surface area contributed by atoms with Crippen LogP contribution in [0.1, 0.15) is 24.8 Å². The number of benzene rings is 1. The topological polar surface area (TPSA) is 120 Å². The second kappa shape index (κ2) is 7.51. The van der Waals surface area contributed by atoms with Crippen LogP contribution in [0.5, 0.6) is 0 Å². The van der Waals surface area contributed by atoms with Crippen LogP contribution in [0.4, 0.5) is 0 Å². The molecule has 21 heavy (non-hydrogen) atoms. The quantitative estimate of drug-likeness (QED) is 0.307. The second-order valence-electron chi connectivity index (χ2n) is 4.92. The van der Waals surface area contributed by atoms with E-state index in [-0.39, 0.29) is 6.10 Å². The maximum Gasteiger partial charge on any atom is 0.152 e. The van der Waals surface area contributed by atoms with E-state index in [9.17, 15) is 4.21 Å². The van der Waals surface area contributed by atoms with Gasteiger partial charge in [-0.25, -0.2) is 20.3 Å². The number of hydrogen-bond acceptors (Lipinski definition) is 5. The number of hydrazine groups is 1. The fourth-order valence-corrected chi connectivity index (χ4v) is 2.56. The van der Waals surface area contributed by atoms with Crippen LogP contribution in [0.15, 0.2) is 34.3 Å². The zero-order valence-electron chi connectivity index (χ0n) is 11.8. The van der Waals surface area contributed by atoms with Gasteiger partial charge >= 0.3 is 0 Å². The first-order valence-corrected chi connectivity index (χ1v) is 8.02. The van der Waals surface area contributed by atoms with Crippen molar-refractivity contribution in [1.29, 1.82) is 0 Å². The molecule has 116 valence electrons. The minimum atomic E-state index is -1.50. The first-order valence-electron chi connectivity index (χ1n) is 6.81. The van der Waals surface area contributed by atoms with Gasteiger partial charge < -0.3 is 10.5 Å². The van der Waals surface area contributed by atoms with E-state index in [1.54, 1.807) is 24.3 Å². The van der Waals surface area contributed by atoms with E-state index in [0.717, 1.165) is 25.9 Å². The molecule has 1 aliphatic rings. The van der Waals surface area contributed by atoms with E-state index in [0.29, 0.717) is 22.8 Å². The third kappa shape index (κ3) is 4.78. The van der Waals surface area contributed by atoms with Crippen molar-refractivity contribution in [3.8, 4) is 0 Å². The zero-order chi connectivity index (χ0) is 15.2. The third-order valence-corrected chi connectivity index (χ3v) is 4.02. The van der Waals surface area contributed by atoms with Crippen molar-refractivity contribution in [3.05, 3.63) is 29.8 Å². The number of rotatable bonds is 5. The van der Waals surface area contributed by atoms with Gasteiger partial charge in [0.2, 0.25) is 0 Å². The summed E-state index contributed by atoms with van der Waals surface area (Å²) in [5.41, 5.74) is 6.61. The monoisotopic (exact) mass is 311 g/mol. The molecule has 2 rings (SSSR count). The Kier molecular flexibility index (Phi) is 5.68. The third-order valence-electron chi connectivity index (χ3n) is 3.28. The molecule has 0 amide bonds. The lowest BCUT2D eigenvalue weighted by Crippen LogP contribution is -2.38. The summed E-state index contributed by atoms with van der Waals surface area (Å²) in [7, 11) is -1.50. The summed E-state index contributed by atoms with van der Waals surface area (Å²) < 4.78 is 16.7. The molecule has 1 heterocycles. The molecule has 0 saturated carbocycles. The molecule has 1 aliphatic heterocycles. The first kappa shape index (κ1) is 15.9. The van der Waals surface area contributed by atoms with Crippen molar-refractivity contribution in [2.45, 2.75) is 30.3 Å². The van der Waals surface area contributed by atoms with Crippen LogP contribution < -0.4 is 16.7 Å². The fraction of sp³-hybridized carbons (Fsp3) is 0.462. The minimum absolute atomic E-state index is 0.0994. The predicted octanol–water partition coefficient (Wildman–Crippen LogP) is 0.0330. The van der Waals surface area contributed by atoms with E-state index >= 15 is 0 Å². The van der Waals surface area contributed by atoms with Crippen LogP contribution in [-0.2, 0) is 15.7 Å². The van der Waals surface area contributed by atoms with Crippen LogP contribution in [0.2, 0.25) is 0 Å². The minimum Gasteiger partial charge on any atom is -0.382 e. The fourth-order valence-electron chi connectivity index (χ4n) is 2.16. The zero-order valence-corrected chi connectivity index (χ0v) is 12.6. The maximum atomic E-state index is 11.1. The van der Waals surface area contributed by atoms with Crippen LogP contribution in [-0.4, -0.2) is 34.4 Å². The average molecular weight is 311 g/mol. The highest BCUT2D eigenvalue weighted by Gasteiger charge is 2.16. The highest BCUT2D eigenvalue weighted by Crippen LogP contribution is 2.13. The van der Waals surface area contributed by atoms with Gasteiger partial charge in [0.05, 0.1) is 17.5 Å². The number of nitrogens with two attached hydrogens (primary N) is 3. The van der Waals surface area contributed by atoms with Gasteiger partial charge in [-0.15, -0.1) is 5.10 Å². The highest BCUT2D eigenvalue weighted by atomic mass is 32.2. The van der Waals surface area contributed by atoms with E-state index in [1.165, 1.54) is 5.12 Å². The van der Waals surface area contributed by atoms with Gasteiger partial charge in [0.1, 0.15) is 11.0 Å². The van der Waals surface area contributed by atoms with E-state index in [2.05, 4.69) is 5.10 Å². The molecule has 1 aromatic rings. The standard InChI is InChI=1S/C13H21N5O2S/c14-13(10-4-6-12(7-5-10)21(16)19)17-18(15)9-11-3-1-2-8-20-11/h4-7,11H,1-3,8-9,15-16H2,(H2,14,17). The Labute approximate surface area is 126 Å². The summed E-state index contributed by atoms with van der Waals surface area (Å²) in [6.45, 7) is 1.28. The summed E-state index contributed by atoms with van der Waals surface area (Å²) in [5.74, 6) is 6.13. The Balaban J connectivity index is 1.96. The van der Waals surface area contributed by atoms with Crippen LogP contribution in [0, 0.1) is 0 Å². The van der Waals surface area contributed by atoms with Crippen molar-refractivity contribution < 1.29 is 8.95 Å². The summed E-state index contributed by atoms with van der Waals surface area (Å²) in [5, 5.41) is 10.7. The molecule has 7 nitrogen and oxygen atoms in total. The molecule has 0 spiro atoms. The lowest BCUT2D eigenvalue weighted by molar-refractivity contribution is -0.00546. The van der Waals surface area contributed by atoms with E-state index < -0.39 is 11.0 Å². The number of amidine groups is 1. The van der Waals surface area contributed by atoms with Gasteiger partial charge in [-0.05, 0) is 43.5 Å². The Hall–Kier alpha value is -1.48. The van der Waals surface area contributed by atoms with Crippen LogP contribution in [0.25, 0.3) is 0 Å². The molecule has 1 fully saturated rings. The average Bonchev–Trinajstić information content (AvgIpc) is 2.48. The summed E-state index contributed by atoms with van der Waals surface area (Å²) in [4.78, 5) is 0.534. The van der Waals surface area contributed by atoms with Gasteiger partial charge in [0.15, 0.2) is 5.84 Å². The Morgan fingerprint density at radius 3 is 2.67 bits per heavy atom. The van der Waals surface area contributed by atoms with Crippen molar-refractivity contribution >= 4 is 16.8 Å². The number of hydrazone groups is 1. The Morgan fingerprint density at radius 1 is 1.38 bits per heavy atom. The number of nitrogens with zero attached hydrogens (tertiary/aromatic N) is 2. The maximum absolute atomic E-state index is 11.1. The lowest BCUT2D eigenvalue weighted by atomic mass is 10.1. The number of ether oxygens (including phenoxy) is 1. The second-order valence-corrected chi connectivity index (χ2v) is 5.98. The van der Waals surface area contributed by atoms with Crippen molar-refractivity contribution in [1.82, 2.24) is 5.12 Å². The molecule has 0 bridgehead atoms. The molecule has 2 atom stereocenters. The Bertz CT molecular complexity index is 514. The lowest BCUT2D eigenvalue weighted by Gasteiger charge is -2.25. The summed E-state index contributed by atoms with van der Waals surface area (Å²) in [6, 6.07) is 6.73. The molecule has 0 aromatic heterocycles. The molecule has 0 radical (unpaired) electrons. The molecular formula is C13H21N5O2S. The molecule has 0 aliphatic carbocycles. The normalized spacial score (nSPS) is 21.0.